The monoisotopic (exact) mass is 414 g/mol. The van der Waals surface area contributed by atoms with Crippen molar-refractivity contribution >= 4 is 27.6 Å². The van der Waals surface area contributed by atoms with E-state index in [4.69, 9.17) is 20.5 Å². The number of hydrogen-bond donors (Lipinski definition) is 1. The van der Waals surface area contributed by atoms with Gasteiger partial charge in [-0.15, -0.1) is 0 Å². The van der Waals surface area contributed by atoms with Gasteiger partial charge >= 0.3 is 0 Å². The Morgan fingerprint density at radius 3 is 2.59 bits per heavy atom. The number of hydrogen-bond acceptors (Lipinski definition) is 6. The van der Waals surface area contributed by atoms with Crippen LogP contribution < -0.4 is 10.1 Å². The summed E-state index contributed by atoms with van der Waals surface area (Å²) in [5.41, 5.74) is -0.0316. The molecule has 1 amide bonds. The van der Waals surface area contributed by atoms with E-state index in [2.05, 4.69) is 10.2 Å². The normalized spacial score (nSPS) is 32.4. The molecule has 0 aromatic heterocycles. The first-order valence-electron chi connectivity index (χ1n) is 9.00. The van der Waals surface area contributed by atoms with Crippen molar-refractivity contribution in [2.75, 3.05) is 26.0 Å². The van der Waals surface area contributed by atoms with E-state index in [1.165, 1.54) is 0 Å². The zero-order chi connectivity index (χ0) is 19.3. The number of rotatable bonds is 7. The summed E-state index contributed by atoms with van der Waals surface area (Å²) in [6, 6.07) is 6.90. The Balaban J connectivity index is 1.22. The molecule has 0 spiro atoms. The molecule has 27 heavy (non-hydrogen) atoms. The van der Waals surface area contributed by atoms with Crippen molar-refractivity contribution in [2.24, 2.45) is 0 Å². The van der Waals surface area contributed by atoms with E-state index in [-0.39, 0.29) is 29.7 Å². The summed E-state index contributed by atoms with van der Waals surface area (Å²) < 4.78 is 33.2. The zero-order valence-electron chi connectivity index (χ0n) is 15.1. The number of nitrogens with one attached hydrogen (secondary N) is 1. The van der Waals surface area contributed by atoms with Crippen LogP contribution in [0.5, 0.6) is 5.75 Å². The number of amides is 1. The van der Waals surface area contributed by atoms with Gasteiger partial charge < -0.3 is 10.1 Å². The Hall–Kier alpha value is -1.35. The molecule has 148 valence electrons. The number of carbonyl (C=O) groups excluding carboxylic acids is 1. The van der Waals surface area contributed by atoms with Crippen LogP contribution in [0.15, 0.2) is 24.3 Å². The third kappa shape index (κ3) is 3.94. The molecule has 3 saturated carbocycles. The van der Waals surface area contributed by atoms with Crippen molar-refractivity contribution in [2.45, 2.75) is 42.9 Å². The van der Waals surface area contributed by atoms with Gasteiger partial charge in [0.1, 0.15) is 5.75 Å². The summed E-state index contributed by atoms with van der Waals surface area (Å²) in [5, 5.41) is 3.72. The highest BCUT2D eigenvalue weighted by Gasteiger charge is 2.71. The van der Waals surface area contributed by atoms with Crippen LogP contribution in [0.3, 0.4) is 0 Å². The minimum Gasteiger partial charge on any atom is -0.484 e. The minimum atomic E-state index is -3.42. The number of carbonyl (C=O) groups is 1. The van der Waals surface area contributed by atoms with E-state index in [1.54, 1.807) is 24.3 Å². The number of benzene rings is 1. The Kier molecular flexibility index (Phi) is 4.65. The third-order valence-electron chi connectivity index (χ3n) is 5.72. The van der Waals surface area contributed by atoms with Crippen LogP contribution in [0.2, 0.25) is 5.02 Å². The fourth-order valence-electron chi connectivity index (χ4n) is 4.70. The van der Waals surface area contributed by atoms with Crippen molar-refractivity contribution in [3.63, 3.8) is 0 Å². The molecule has 1 aliphatic heterocycles. The molecule has 1 atom stereocenters. The standard InChI is InChI=1S/C18H23ClN2O5S/c1-27(23,24)26-15-6-7-21(8-15)18-10-17(11-18,12-18)20-16(22)9-25-14-4-2-13(19)3-5-14/h2-5,15H,6-12H2,1H3,(H,20,22). The van der Waals surface area contributed by atoms with Crippen LogP contribution in [0.25, 0.3) is 0 Å². The molecule has 4 aliphatic rings. The lowest BCUT2D eigenvalue weighted by Crippen LogP contribution is -2.83. The van der Waals surface area contributed by atoms with Gasteiger partial charge in [-0.05, 0) is 49.9 Å². The Bertz CT molecular complexity index is 822. The molecule has 1 aromatic carbocycles. The summed E-state index contributed by atoms with van der Waals surface area (Å²) >= 11 is 5.82. The molecule has 1 aromatic rings. The SMILES string of the molecule is CS(=O)(=O)OC1CCN(C23CC(NC(=O)COc4ccc(Cl)cc4)(C2)C3)C1. The Morgan fingerprint density at radius 2 is 1.96 bits per heavy atom. The van der Waals surface area contributed by atoms with Gasteiger partial charge in [-0.1, -0.05) is 11.6 Å². The zero-order valence-corrected chi connectivity index (χ0v) is 16.7. The van der Waals surface area contributed by atoms with E-state index in [1.807, 2.05) is 0 Å². The first kappa shape index (κ1) is 19.0. The van der Waals surface area contributed by atoms with E-state index in [0.29, 0.717) is 17.3 Å². The summed E-state index contributed by atoms with van der Waals surface area (Å²) in [5.74, 6) is 0.482. The van der Waals surface area contributed by atoms with E-state index < -0.39 is 10.1 Å². The molecular weight excluding hydrogens is 392 g/mol. The van der Waals surface area contributed by atoms with Gasteiger partial charge in [-0.25, -0.2) is 0 Å². The highest BCUT2D eigenvalue weighted by atomic mass is 35.5. The molecule has 1 N–H and O–H groups in total. The van der Waals surface area contributed by atoms with Crippen molar-refractivity contribution < 1.29 is 22.1 Å². The fourth-order valence-corrected chi connectivity index (χ4v) is 5.48. The second kappa shape index (κ2) is 6.62. The van der Waals surface area contributed by atoms with Gasteiger partial charge in [0, 0.05) is 29.2 Å². The van der Waals surface area contributed by atoms with Crippen molar-refractivity contribution in [3.8, 4) is 5.75 Å². The van der Waals surface area contributed by atoms with Crippen molar-refractivity contribution in [1.29, 1.82) is 0 Å². The first-order valence-corrected chi connectivity index (χ1v) is 11.2. The first-order chi connectivity index (χ1) is 12.7. The second-order valence-corrected chi connectivity index (χ2v) is 10.0. The Labute approximate surface area is 164 Å². The van der Waals surface area contributed by atoms with Crippen LogP contribution >= 0.6 is 11.6 Å². The highest BCUT2D eigenvalue weighted by Crippen LogP contribution is 2.64. The lowest BCUT2D eigenvalue weighted by Gasteiger charge is -2.73. The lowest BCUT2D eigenvalue weighted by atomic mass is 9.43. The quantitative estimate of drug-likeness (QED) is 0.681. The largest absolute Gasteiger partial charge is 0.484 e. The summed E-state index contributed by atoms with van der Waals surface area (Å²) in [7, 11) is -3.42. The van der Waals surface area contributed by atoms with Gasteiger partial charge in [-0.3, -0.25) is 13.9 Å². The average Bonchev–Trinajstić information content (AvgIpc) is 2.95. The van der Waals surface area contributed by atoms with Crippen LogP contribution in [-0.2, 0) is 19.1 Å². The van der Waals surface area contributed by atoms with Crippen molar-refractivity contribution in [3.05, 3.63) is 29.3 Å². The maximum absolute atomic E-state index is 12.2. The molecule has 9 heteroatoms. The molecule has 5 rings (SSSR count). The Morgan fingerprint density at radius 1 is 1.30 bits per heavy atom. The van der Waals surface area contributed by atoms with E-state index >= 15 is 0 Å². The van der Waals surface area contributed by atoms with Crippen LogP contribution in [0, 0.1) is 0 Å². The maximum Gasteiger partial charge on any atom is 0.264 e. The van der Waals surface area contributed by atoms with Gasteiger partial charge in [0.2, 0.25) is 0 Å². The summed E-state index contributed by atoms with van der Waals surface area (Å²) in [6.07, 6.45) is 4.26. The molecule has 3 aliphatic carbocycles. The second-order valence-electron chi connectivity index (χ2n) is 7.98. The molecule has 0 radical (unpaired) electrons. The highest BCUT2D eigenvalue weighted by molar-refractivity contribution is 7.86. The number of halogens is 1. The van der Waals surface area contributed by atoms with Crippen LogP contribution in [0.4, 0.5) is 0 Å². The number of nitrogens with zero attached hydrogens (tertiary/aromatic N) is 1. The predicted molar refractivity (Wildman–Crippen MR) is 100 cm³/mol. The van der Waals surface area contributed by atoms with Gasteiger partial charge in [0.05, 0.1) is 12.4 Å². The maximum atomic E-state index is 12.2. The number of ether oxygens (including phenoxy) is 1. The predicted octanol–water partition coefficient (Wildman–Crippen LogP) is 1.56. The topological polar surface area (TPSA) is 84.9 Å². The molecule has 7 nitrogen and oxygen atoms in total. The summed E-state index contributed by atoms with van der Waals surface area (Å²) in [4.78, 5) is 14.5. The van der Waals surface area contributed by atoms with Gasteiger partial charge in [0.25, 0.3) is 16.0 Å². The summed E-state index contributed by atoms with van der Waals surface area (Å²) in [6.45, 7) is 1.45. The molecule has 1 heterocycles. The molecule has 1 unspecified atom stereocenters. The molecular formula is C18H23ClN2O5S. The molecule has 4 fully saturated rings. The molecule has 2 bridgehead atoms. The van der Waals surface area contributed by atoms with Gasteiger partial charge in [0.15, 0.2) is 6.61 Å². The number of likely N-dealkylation sites (tertiary alicyclic amines) is 1. The van der Waals surface area contributed by atoms with Crippen molar-refractivity contribution in [1.82, 2.24) is 10.2 Å². The van der Waals surface area contributed by atoms with Crippen LogP contribution in [-0.4, -0.2) is 62.4 Å². The van der Waals surface area contributed by atoms with E-state index in [0.717, 1.165) is 38.5 Å². The fraction of sp³-hybridized carbons (Fsp3) is 0.611. The van der Waals surface area contributed by atoms with Gasteiger partial charge in [-0.2, -0.15) is 8.42 Å². The minimum absolute atomic E-state index is 0.0234. The third-order valence-corrected chi connectivity index (χ3v) is 6.59. The lowest BCUT2D eigenvalue weighted by molar-refractivity contribution is -0.179. The molecule has 1 saturated heterocycles. The van der Waals surface area contributed by atoms with Crippen LogP contribution in [0.1, 0.15) is 25.7 Å². The average molecular weight is 415 g/mol. The smallest absolute Gasteiger partial charge is 0.264 e. The van der Waals surface area contributed by atoms with E-state index in [9.17, 15) is 13.2 Å².